The van der Waals surface area contributed by atoms with E-state index in [1.807, 2.05) is 66.7 Å². The molecule has 0 amide bonds. The monoisotopic (exact) mass is 428 g/mol. The van der Waals surface area contributed by atoms with E-state index in [9.17, 15) is 19.6 Å². The average molecular weight is 428 g/mol. The minimum absolute atomic E-state index is 0.284. The van der Waals surface area contributed by atoms with Gasteiger partial charge in [0, 0.05) is 17.1 Å². The summed E-state index contributed by atoms with van der Waals surface area (Å²) in [5, 5.41) is 22.3. The summed E-state index contributed by atoms with van der Waals surface area (Å²) in [5.74, 6) is -1.53. The van der Waals surface area contributed by atoms with Crippen molar-refractivity contribution in [3.8, 4) is 0 Å². The van der Waals surface area contributed by atoms with Crippen LogP contribution in [-0.4, -0.2) is 38.7 Å². The maximum atomic E-state index is 11.8. The topological polar surface area (TPSA) is 87.5 Å². The standard InChI is InChI=1S/C22H22NO4PS/c24-21(25)22(26,15-28-27)18(12-10-16-6-2-1-3-7-16)14-29-20-13-11-17-8-4-5-9-19(17)23-20/h1-9,11,13,18,26H,10,12,14-15H2,(H,24,25)/p+1. The molecule has 0 spiro atoms. The number of thioether (sulfide) groups is 1. The number of aliphatic hydroxyl groups is 1. The van der Waals surface area contributed by atoms with Crippen LogP contribution < -0.4 is 0 Å². The molecule has 0 radical (unpaired) electrons. The summed E-state index contributed by atoms with van der Waals surface area (Å²) in [6.07, 6.45) is 0.820. The van der Waals surface area contributed by atoms with Gasteiger partial charge in [0.15, 0.2) is 6.16 Å². The summed E-state index contributed by atoms with van der Waals surface area (Å²) in [7, 11) is -0.882. The smallest absolute Gasteiger partial charge is 0.340 e. The summed E-state index contributed by atoms with van der Waals surface area (Å²) in [5.41, 5.74) is -0.0877. The fraction of sp³-hybridized carbons (Fsp3) is 0.273. The van der Waals surface area contributed by atoms with E-state index in [0.717, 1.165) is 21.5 Å². The second kappa shape index (κ2) is 9.97. The highest BCUT2D eigenvalue weighted by molar-refractivity contribution is 7.99. The van der Waals surface area contributed by atoms with E-state index in [1.54, 1.807) is 0 Å². The van der Waals surface area contributed by atoms with Crippen LogP contribution >= 0.6 is 20.2 Å². The third-order valence-corrected chi connectivity index (χ3v) is 6.79. The minimum atomic E-state index is -2.03. The molecule has 0 aliphatic heterocycles. The molecular formula is C22H23NO4PS+. The number of hydrogen-bond donors (Lipinski definition) is 2. The number of aryl methyl sites for hydroxylation is 1. The molecular weight excluding hydrogens is 405 g/mol. The van der Waals surface area contributed by atoms with Gasteiger partial charge in [0.1, 0.15) is 0 Å². The van der Waals surface area contributed by atoms with Crippen LogP contribution in [-0.2, 0) is 15.8 Å². The molecule has 1 aromatic heterocycles. The van der Waals surface area contributed by atoms with E-state index in [0.29, 0.717) is 18.6 Å². The molecule has 0 saturated heterocycles. The number of carboxylic acids is 1. The van der Waals surface area contributed by atoms with Gasteiger partial charge in [-0.05, 0) is 30.5 Å². The normalized spacial score (nSPS) is 14.5. The highest BCUT2D eigenvalue weighted by Gasteiger charge is 2.47. The number of carboxylic acid groups (broad SMARTS) is 1. The third-order valence-electron chi connectivity index (χ3n) is 5.02. The molecule has 2 N–H and O–H groups in total. The van der Waals surface area contributed by atoms with Gasteiger partial charge in [-0.25, -0.2) is 9.78 Å². The van der Waals surface area contributed by atoms with Crippen molar-refractivity contribution in [1.82, 2.24) is 4.98 Å². The predicted octanol–water partition coefficient (Wildman–Crippen LogP) is 4.42. The van der Waals surface area contributed by atoms with Crippen molar-refractivity contribution in [1.29, 1.82) is 0 Å². The number of nitrogens with zero attached hydrogens (tertiary/aromatic N) is 1. The van der Waals surface area contributed by atoms with E-state index in [-0.39, 0.29) is 6.16 Å². The van der Waals surface area contributed by atoms with Crippen molar-refractivity contribution >= 4 is 37.1 Å². The summed E-state index contributed by atoms with van der Waals surface area (Å²) < 4.78 is 11.2. The molecule has 29 heavy (non-hydrogen) atoms. The second-order valence-corrected chi connectivity index (χ2v) is 8.61. The van der Waals surface area contributed by atoms with Gasteiger partial charge in [-0.15, -0.1) is 11.8 Å². The summed E-state index contributed by atoms with van der Waals surface area (Å²) in [6.45, 7) is 0. The van der Waals surface area contributed by atoms with Crippen LogP contribution in [0.4, 0.5) is 0 Å². The van der Waals surface area contributed by atoms with Gasteiger partial charge in [0.05, 0.1) is 10.5 Å². The quantitative estimate of drug-likeness (QED) is 0.367. The molecule has 0 aliphatic rings. The van der Waals surface area contributed by atoms with Crippen molar-refractivity contribution < 1.29 is 19.6 Å². The maximum absolute atomic E-state index is 11.8. The van der Waals surface area contributed by atoms with Gasteiger partial charge in [-0.3, -0.25) is 0 Å². The SMILES string of the molecule is O=[PH+]CC(O)(C(=O)O)C(CCc1ccccc1)CSc1ccc2ccccc2n1. The number of para-hydroxylation sites is 1. The van der Waals surface area contributed by atoms with E-state index < -0.39 is 25.9 Å². The molecule has 3 rings (SSSR count). The number of benzene rings is 2. The average Bonchev–Trinajstić information content (AvgIpc) is 2.74. The number of aromatic nitrogens is 1. The van der Waals surface area contributed by atoms with Crippen molar-refractivity contribution in [3.05, 3.63) is 72.3 Å². The van der Waals surface area contributed by atoms with Crippen molar-refractivity contribution in [3.63, 3.8) is 0 Å². The zero-order valence-electron chi connectivity index (χ0n) is 15.8. The van der Waals surface area contributed by atoms with Crippen LogP contribution in [0.2, 0.25) is 0 Å². The van der Waals surface area contributed by atoms with E-state index in [4.69, 9.17) is 0 Å². The molecule has 0 bridgehead atoms. The van der Waals surface area contributed by atoms with Crippen LogP contribution in [0.25, 0.3) is 10.9 Å². The Morgan fingerprint density at radius 2 is 1.79 bits per heavy atom. The van der Waals surface area contributed by atoms with E-state index in [1.165, 1.54) is 11.8 Å². The van der Waals surface area contributed by atoms with E-state index >= 15 is 0 Å². The van der Waals surface area contributed by atoms with Crippen molar-refractivity contribution in [2.24, 2.45) is 5.92 Å². The fourth-order valence-electron chi connectivity index (χ4n) is 3.26. The zero-order valence-corrected chi connectivity index (χ0v) is 17.6. The van der Waals surface area contributed by atoms with Gasteiger partial charge in [0.25, 0.3) is 0 Å². The highest BCUT2D eigenvalue weighted by atomic mass is 32.2. The first-order valence-electron chi connectivity index (χ1n) is 9.36. The van der Waals surface area contributed by atoms with Gasteiger partial charge >= 0.3 is 14.4 Å². The number of carbonyl (C=O) groups is 1. The van der Waals surface area contributed by atoms with E-state index in [2.05, 4.69) is 4.98 Å². The molecule has 0 saturated carbocycles. The number of hydrogen-bond acceptors (Lipinski definition) is 5. The van der Waals surface area contributed by atoms with Crippen LogP contribution in [0, 0.1) is 5.92 Å². The van der Waals surface area contributed by atoms with Crippen LogP contribution in [0.3, 0.4) is 0 Å². The lowest BCUT2D eigenvalue weighted by Crippen LogP contribution is -2.49. The first-order valence-corrected chi connectivity index (χ1v) is 11.5. The Morgan fingerprint density at radius 3 is 2.52 bits per heavy atom. The largest absolute Gasteiger partial charge is 0.479 e. The first kappa shape index (κ1) is 21.4. The summed E-state index contributed by atoms with van der Waals surface area (Å²) in [6, 6.07) is 21.4. The Bertz CT molecular complexity index is 985. The Balaban J connectivity index is 1.78. The molecule has 1 heterocycles. The van der Waals surface area contributed by atoms with Crippen molar-refractivity contribution in [2.75, 3.05) is 11.9 Å². The first-order chi connectivity index (χ1) is 14.0. The van der Waals surface area contributed by atoms with Gasteiger partial charge < -0.3 is 10.2 Å². The lowest BCUT2D eigenvalue weighted by molar-refractivity contribution is -0.161. The molecule has 2 aromatic carbocycles. The molecule has 3 unspecified atom stereocenters. The van der Waals surface area contributed by atoms with Gasteiger partial charge in [0.2, 0.25) is 5.60 Å². The molecule has 5 nitrogen and oxygen atoms in total. The molecule has 0 aliphatic carbocycles. The lowest BCUT2D eigenvalue weighted by atomic mass is 9.85. The highest BCUT2D eigenvalue weighted by Crippen LogP contribution is 2.32. The Morgan fingerprint density at radius 1 is 1.07 bits per heavy atom. The van der Waals surface area contributed by atoms with Gasteiger partial charge in [-0.2, -0.15) is 0 Å². The molecule has 0 fully saturated rings. The fourth-order valence-corrected chi connectivity index (χ4v) is 5.07. The number of aliphatic carboxylic acids is 1. The summed E-state index contributed by atoms with van der Waals surface area (Å²) >= 11 is 1.42. The molecule has 7 heteroatoms. The summed E-state index contributed by atoms with van der Waals surface area (Å²) in [4.78, 5) is 16.5. The molecule has 3 atom stereocenters. The Kier molecular flexibility index (Phi) is 7.37. The second-order valence-electron chi connectivity index (χ2n) is 6.92. The number of pyridine rings is 1. The van der Waals surface area contributed by atoms with Crippen LogP contribution in [0.15, 0.2) is 71.8 Å². The van der Waals surface area contributed by atoms with Crippen LogP contribution in [0.5, 0.6) is 0 Å². The third kappa shape index (κ3) is 5.41. The molecule has 150 valence electrons. The van der Waals surface area contributed by atoms with Crippen LogP contribution in [0.1, 0.15) is 12.0 Å². The number of rotatable bonds is 10. The van der Waals surface area contributed by atoms with Gasteiger partial charge in [-0.1, -0.05) is 59.2 Å². The minimum Gasteiger partial charge on any atom is -0.479 e. The lowest BCUT2D eigenvalue weighted by Gasteiger charge is -2.28. The maximum Gasteiger partial charge on any atom is 0.340 e. The number of fused-ring (bicyclic) bond motifs is 1. The Hall–Kier alpha value is -2.27. The molecule has 3 aromatic rings. The van der Waals surface area contributed by atoms with Crippen molar-refractivity contribution in [2.45, 2.75) is 23.5 Å². The Labute approximate surface area is 175 Å². The predicted molar refractivity (Wildman–Crippen MR) is 117 cm³/mol. The zero-order chi connectivity index (χ0) is 20.7.